The van der Waals surface area contributed by atoms with E-state index >= 15 is 0 Å². The van der Waals surface area contributed by atoms with Gasteiger partial charge in [0, 0.05) is 6.42 Å². The molecule has 100 valence electrons. The minimum absolute atomic E-state index is 0.0349. The summed E-state index contributed by atoms with van der Waals surface area (Å²) in [6.07, 6.45) is 0.948. The largest absolute Gasteiger partial charge is 0.481 e. The molecule has 1 atom stereocenters. The van der Waals surface area contributed by atoms with Crippen molar-refractivity contribution in [2.24, 2.45) is 0 Å². The van der Waals surface area contributed by atoms with Gasteiger partial charge in [0.15, 0.2) is 8.32 Å². The second-order valence-corrected chi connectivity index (χ2v) is 9.00. The molecule has 5 nitrogen and oxygen atoms in total. The normalized spacial score (nSPS) is 13.4. The highest BCUT2D eigenvalue weighted by molar-refractivity contribution is 6.71. The maximum atomic E-state index is 11.0. The summed E-state index contributed by atoms with van der Waals surface area (Å²) in [4.78, 5) is 21.4. The van der Waals surface area contributed by atoms with E-state index in [1.807, 2.05) is 13.1 Å². The molecule has 0 rings (SSSR count). The maximum Gasteiger partial charge on any atom is 0.331 e. The summed E-state index contributed by atoms with van der Waals surface area (Å²) < 4.78 is 5.63. The number of carboxylic acid groups (broad SMARTS) is 2. The Labute approximate surface area is 103 Å². The summed E-state index contributed by atoms with van der Waals surface area (Å²) in [7, 11) is -2.00. The standard InChI is InChI=1S/C11H22O5Si/c1-4-5-8-17(2,3)16-9(11(14)15)6-7-10(12)13/h9H,4-8H2,1-3H3,(H,12,13)(H,14,15). The Bertz CT molecular complexity index is 265. The Morgan fingerprint density at radius 1 is 1.29 bits per heavy atom. The van der Waals surface area contributed by atoms with Crippen molar-refractivity contribution in [2.75, 3.05) is 0 Å². The summed E-state index contributed by atoms with van der Waals surface area (Å²) in [5.74, 6) is -2.06. The molecule has 0 bridgehead atoms. The molecule has 0 aromatic heterocycles. The number of hydrogen-bond acceptors (Lipinski definition) is 3. The van der Waals surface area contributed by atoms with Crippen LogP contribution in [0.4, 0.5) is 0 Å². The van der Waals surface area contributed by atoms with E-state index in [1.165, 1.54) is 0 Å². The van der Waals surface area contributed by atoms with Gasteiger partial charge in [-0.05, 0) is 25.6 Å². The van der Waals surface area contributed by atoms with Crippen molar-refractivity contribution in [1.82, 2.24) is 0 Å². The van der Waals surface area contributed by atoms with Gasteiger partial charge in [0.2, 0.25) is 0 Å². The number of hydrogen-bond donors (Lipinski definition) is 2. The predicted molar refractivity (Wildman–Crippen MR) is 66.6 cm³/mol. The van der Waals surface area contributed by atoms with Crippen LogP contribution >= 0.6 is 0 Å². The first-order valence-corrected chi connectivity index (χ1v) is 9.02. The van der Waals surface area contributed by atoms with Gasteiger partial charge in [-0.15, -0.1) is 0 Å². The lowest BCUT2D eigenvalue weighted by Crippen LogP contribution is -2.39. The minimum atomic E-state index is -2.00. The molecule has 0 aliphatic heterocycles. The molecule has 0 fully saturated rings. The van der Waals surface area contributed by atoms with Gasteiger partial charge in [0.05, 0.1) is 0 Å². The Kier molecular flexibility index (Phi) is 7.06. The van der Waals surface area contributed by atoms with Crippen LogP contribution < -0.4 is 0 Å². The van der Waals surface area contributed by atoms with Crippen molar-refractivity contribution in [1.29, 1.82) is 0 Å². The smallest absolute Gasteiger partial charge is 0.331 e. The third kappa shape index (κ3) is 7.92. The van der Waals surface area contributed by atoms with Crippen molar-refractivity contribution in [3.8, 4) is 0 Å². The zero-order chi connectivity index (χ0) is 13.5. The molecule has 0 aliphatic carbocycles. The monoisotopic (exact) mass is 262 g/mol. The molecule has 6 heteroatoms. The Hall–Kier alpha value is -0.883. The highest BCUT2D eigenvalue weighted by Gasteiger charge is 2.30. The average molecular weight is 262 g/mol. The molecule has 0 aromatic carbocycles. The molecule has 0 heterocycles. The minimum Gasteiger partial charge on any atom is -0.481 e. The molecule has 17 heavy (non-hydrogen) atoms. The van der Waals surface area contributed by atoms with E-state index in [0.29, 0.717) is 0 Å². The number of carbonyl (C=O) groups is 2. The second-order valence-electron chi connectivity index (χ2n) is 4.74. The van der Waals surface area contributed by atoms with Crippen molar-refractivity contribution >= 4 is 20.3 Å². The van der Waals surface area contributed by atoms with E-state index < -0.39 is 26.4 Å². The summed E-state index contributed by atoms with van der Waals surface area (Å²) in [6, 6.07) is 0.903. The number of aliphatic carboxylic acids is 2. The number of rotatable bonds is 9. The maximum absolute atomic E-state index is 11.0. The first-order valence-electron chi connectivity index (χ1n) is 5.91. The highest BCUT2D eigenvalue weighted by atomic mass is 28.4. The second kappa shape index (κ2) is 7.44. The van der Waals surface area contributed by atoms with E-state index in [1.54, 1.807) is 0 Å². The van der Waals surface area contributed by atoms with Gasteiger partial charge in [-0.1, -0.05) is 19.8 Å². The fourth-order valence-electron chi connectivity index (χ4n) is 1.53. The first kappa shape index (κ1) is 16.1. The van der Waals surface area contributed by atoms with Crippen LogP contribution in [0.15, 0.2) is 0 Å². The van der Waals surface area contributed by atoms with Crippen LogP contribution in [0.3, 0.4) is 0 Å². The Morgan fingerprint density at radius 2 is 1.88 bits per heavy atom. The van der Waals surface area contributed by atoms with E-state index in [-0.39, 0.29) is 12.8 Å². The Balaban J connectivity index is 4.32. The van der Waals surface area contributed by atoms with Gasteiger partial charge in [-0.3, -0.25) is 4.79 Å². The lowest BCUT2D eigenvalue weighted by Gasteiger charge is -2.26. The molecule has 0 spiro atoms. The van der Waals surface area contributed by atoms with Crippen LogP contribution in [0.1, 0.15) is 32.6 Å². The lowest BCUT2D eigenvalue weighted by molar-refractivity contribution is -0.146. The quantitative estimate of drug-likeness (QED) is 0.623. The summed E-state index contributed by atoms with van der Waals surface area (Å²) >= 11 is 0. The molecule has 0 amide bonds. The van der Waals surface area contributed by atoms with Crippen LogP contribution in [-0.4, -0.2) is 36.6 Å². The topological polar surface area (TPSA) is 83.8 Å². The van der Waals surface area contributed by atoms with E-state index in [2.05, 4.69) is 6.92 Å². The molecular weight excluding hydrogens is 240 g/mol. The van der Waals surface area contributed by atoms with Crippen molar-refractivity contribution in [2.45, 2.75) is 57.8 Å². The molecular formula is C11H22O5Si. The fourth-order valence-corrected chi connectivity index (χ4v) is 3.85. The molecule has 0 radical (unpaired) electrons. The third-order valence-electron chi connectivity index (χ3n) is 2.49. The summed E-state index contributed by atoms with van der Waals surface area (Å²) in [5, 5.41) is 17.5. The highest BCUT2D eigenvalue weighted by Crippen LogP contribution is 2.19. The predicted octanol–water partition coefficient (Wildman–Crippen LogP) is 2.33. The summed E-state index contributed by atoms with van der Waals surface area (Å²) in [6.45, 7) is 6.02. The number of unbranched alkanes of at least 4 members (excludes halogenated alkanes) is 1. The van der Waals surface area contributed by atoms with Gasteiger partial charge < -0.3 is 14.6 Å². The van der Waals surface area contributed by atoms with Gasteiger partial charge in [-0.2, -0.15) is 0 Å². The van der Waals surface area contributed by atoms with Crippen molar-refractivity contribution < 1.29 is 24.2 Å². The first-order chi connectivity index (χ1) is 7.78. The van der Waals surface area contributed by atoms with Gasteiger partial charge >= 0.3 is 11.9 Å². The van der Waals surface area contributed by atoms with Crippen LogP contribution in [0, 0.1) is 0 Å². The number of carboxylic acids is 2. The zero-order valence-electron chi connectivity index (χ0n) is 10.7. The average Bonchev–Trinajstić information content (AvgIpc) is 2.20. The SMILES string of the molecule is CCCC[Si](C)(C)OC(CCC(=O)O)C(=O)O. The van der Waals surface area contributed by atoms with Crippen LogP contribution in [-0.2, 0) is 14.0 Å². The van der Waals surface area contributed by atoms with Crippen molar-refractivity contribution in [3.63, 3.8) is 0 Å². The molecule has 0 aliphatic rings. The summed E-state index contributed by atoms with van der Waals surface area (Å²) in [5.41, 5.74) is 0. The van der Waals surface area contributed by atoms with E-state index in [0.717, 1.165) is 18.9 Å². The molecule has 0 saturated heterocycles. The van der Waals surface area contributed by atoms with Gasteiger partial charge in [0.25, 0.3) is 0 Å². The van der Waals surface area contributed by atoms with E-state index in [9.17, 15) is 9.59 Å². The molecule has 0 aromatic rings. The Morgan fingerprint density at radius 3 is 2.29 bits per heavy atom. The third-order valence-corrected chi connectivity index (χ3v) is 4.97. The molecule has 1 unspecified atom stereocenters. The van der Waals surface area contributed by atoms with E-state index in [4.69, 9.17) is 14.6 Å². The van der Waals surface area contributed by atoms with Crippen LogP contribution in [0.2, 0.25) is 19.1 Å². The fraction of sp³-hybridized carbons (Fsp3) is 0.818. The lowest BCUT2D eigenvalue weighted by atomic mass is 10.2. The van der Waals surface area contributed by atoms with Crippen LogP contribution in [0.5, 0.6) is 0 Å². The van der Waals surface area contributed by atoms with Crippen molar-refractivity contribution in [3.05, 3.63) is 0 Å². The van der Waals surface area contributed by atoms with Gasteiger partial charge in [0.1, 0.15) is 6.10 Å². The van der Waals surface area contributed by atoms with Gasteiger partial charge in [-0.25, -0.2) is 4.79 Å². The van der Waals surface area contributed by atoms with Crippen LogP contribution in [0.25, 0.3) is 0 Å². The molecule has 2 N–H and O–H groups in total. The molecule has 0 saturated carbocycles. The zero-order valence-corrected chi connectivity index (χ0v) is 11.7.